The average molecular weight is 256 g/mol. The minimum Gasteiger partial charge on any atom is -0.450 e. The number of hydrogen-bond acceptors (Lipinski definition) is 6. The summed E-state index contributed by atoms with van der Waals surface area (Å²) in [5.74, 6) is -0.364. The molecular weight excluding hydrogens is 244 g/mol. The number of carboxylic acid groups (broad SMARTS) is 1. The van der Waals surface area contributed by atoms with Gasteiger partial charge in [-0.2, -0.15) is 8.42 Å². The van der Waals surface area contributed by atoms with Crippen molar-refractivity contribution < 1.29 is 36.5 Å². The van der Waals surface area contributed by atoms with Crippen LogP contribution in [0.15, 0.2) is 0 Å². The number of hydrogen-bond donors (Lipinski definition) is 2. The molecule has 1 rings (SSSR count). The van der Waals surface area contributed by atoms with E-state index in [-0.39, 0.29) is 19.1 Å². The van der Waals surface area contributed by atoms with Gasteiger partial charge >= 0.3 is 16.6 Å². The third-order valence-corrected chi connectivity index (χ3v) is 2.56. The zero-order chi connectivity index (χ0) is 12.3. The summed E-state index contributed by atoms with van der Waals surface area (Å²) in [5.41, 5.74) is 0. The highest BCUT2D eigenvalue weighted by molar-refractivity contribution is 7.80. The Morgan fingerprint density at radius 2 is 2.06 bits per heavy atom. The second-order valence-corrected chi connectivity index (χ2v) is 4.47. The summed E-state index contributed by atoms with van der Waals surface area (Å²) in [6.45, 7) is 1.68. The Hall–Kier alpha value is -0.900. The summed E-state index contributed by atoms with van der Waals surface area (Å²) < 4.78 is 43.3. The Bertz CT molecular complexity index is 349. The Morgan fingerprint density at radius 1 is 1.44 bits per heavy atom. The van der Waals surface area contributed by atoms with Gasteiger partial charge in [0.15, 0.2) is 0 Å². The lowest BCUT2D eigenvalue weighted by molar-refractivity contribution is -0.116. The molecule has 0 amide bonds. The molecule has 1 unspecified atom stereocenters. The molecule has 1 heterocycles. The fourth-order valence-corrected chi connectivity index (χ4v) is 1.95. The van der Waals surface area contributed by atoms with Crippen LogP contribution < -0.4 is 0 Å². The highest BCUT2D eigenvalue weighted by Gasteiger charge is 2.38. The monoisotopic (exact) mass is 256 g/mol. The molecule has 2 N–H and O–H groups in total. The molecule has 0 aromatic carbocycles. The molecule has 0 aromatic rings. The summed E-state index contributed by atoms with van der Waals surface area (Å²) in [6.07, 6.45) is -3.70. The van der Waals surface area contributed by atoms with Gasteiger partial charge in [-0.1, -0.05) is 6.92 Å². The average Bonchev–Trinajstić information content (AvgIpc) is 2.08. The summed E-state index contributed by atoms with van der Waals surface area (Å²) in [6, 6.07) is 0. The van der Waals surface area contributed by atoms with Crippen LogP contribution in [0.3, 0.4) is 0 Å². The van der Waals surface area contributed by atoms with Crippen molar-refractivity contribution in [3.8, 4) is 0 Å². The molecule has 94 valence electrons. The molecule has 8 nitrogen and oxygen atoms in total. The van der Waals surface area contributed by atoms with Crippen molar-refractivity contribution in [3.05, 3.63) is 0 Å². The van der Waals surface area contributed by atoms with E-state index in [1.807, 2.05) is 0 Å². The zero-order valence-electron chi connectivity index (χ0n) is 8.40. The summed E-state index contributed by atoms with van der Waals surface area (Å²) >= 11 is 0. The molecule has 1 fully saturated rings. The number of ether oxygens (including phenoxy) is 2. The Kier molecular flexibility index (Phi) is 4.08. The lowest BCUT2D eigenvalue weighted by Crippen LogP contribution is -2.47. The summed E-state index contributed by atoms with van der Waals surface area (Å²) in [4.78, 5) is 10.4. The van der Waals surface area contributed by atoms with Gasteiger partial charge in [-0.15, -0.1) is 0 Å². The molecule has 0 aromatic heterocycles. The lowest BCUT2D eigenvalue weighted by atomic mass is 9.98. The maximum Gasteiger partial charge on any atom is 0.506 e. The van der Waals surface area contributed by atoms with E-state index < -0.39 is 28.8 Å². The molecule has 0 saturated carbocycles. The smallest absolute Gasteiger partial charge is 0.450 e. The van der Waals surface area contributed by atoms with Crippen molar-refractivity contribution in [3.63, 3.8) is 0 Å². The van der Waals surface area contributed by atoms with Crippen molar-refractivity contribution in [2.45, 2.75) is 19.1 Å². The topological polar surface area (TPSA) is 119 Å². The van der Waals surface area contributed by atoms with E-state index in [2.05, 4.69) is 8.92 Å². The second-order valence-electron chi connectivity index (χ2n) is 3.43. The predicted octanol–water partition coefficient (Wildman–Crippen LogP) is -0.0961. The van der Waals surface area contributed by atoms with Gasteiger partial charge in [0.1, 0.15) is 12.2 Å². The zero-order valence-corrected chi connectivity index (χ0v) is 9.21. The van der Waals surface area contributed by atoms with Crippen LogP contribution in [0.25, 0.3) is 0 Å². The summed E-state index contributed by atoms with van der Waals surface area (Å²) in [7, 11) is -4.67. The van der Waals surface area contributed by atoms with Crippen LogP contribution in [-0.4, -0.2) is 49.7 Å². The quantitative estimate of drug-likeness (QED) is 0.530. The van der Waals surface area contributed by atoms with E-state index in [0.717, 1.165) is 0 Å². The van der Waals surface area contributed by atoms with Gasteiger partial charge in [0.2, 0.25) is 0 Å². The molecule has 3 atom stereocenters. The van der Waals surface area contributed by atoms with Crippen LogP contribution in [0.4, 0.5) is 4.79 Å². The Balaban J connectivity index is 2.74. The third kappa shape index (κ3) is 3.93. The second kappa shape index (κ2) is 4.95. The lowest BCUT2D eigenvalue weighted by Gasteiger charge is -2.33. The van der Waals surface area contributed by atoms with Crippen LogP contribution in [0.1, 0.15) is 6.92 Å². The van der Waals surface area contributed by atoms with E-state index in [1.54, 1.807) is 6.92 Å². The minimum atomic E-state index is -4.67. The molecule has 0 bridgehead atoms. The van der Waals surface area contributed by atoms with Crippen molar-refractivity contribution in [2.24, 2.45) is 5.92 Å². The van der Waals surface area contributed by atoms with Crippen LogP contribution in [0.5, 0.6) is 0 Å². The Morgan fingerprint density at radius 3 is 2.56 bits per heavy atom. The van der Waals surface area contributed by atoms with Gasteiger partial charge in [-0.3, -0.25) is 4.55 Å². The van der Waals surface area contributed by atoms with E-state index in [4.69, 9.17) is 14.4 Å². The van der Waals surface area contributed by atoms with E-state index in [9.17, 15) is 13.2 Å². The first kappa shape index (κ1) is 13.2. The van der Waals surface area contributed by atoms with Crippen LogP contribution in [0, 0.1) is 5.92 Å². The minimum absolute atomic E-state index is 0.165. The molecule has 1 aliphatic heterocycles. The predicted molar refractivity (Wildman–Crippen MR) is 49.3 cm³/mol. The van der Waals surface area contributed by atoms with Gasteiger partial charge in [0.05, 0.1) is 13.2 Å². The molecular formula is C7H12O8S. The first-order valence-electron chi connectivity index (χ1n) is 4.42. The molecule has 16 heavy (non-hydrogen) atoms. The van der Waals surface area contributed by atoms with Crippen LogP contribution in [0.2, 0.25) is 0 Å². The van der Waals surface area contributed by atoms with Crippen molar-refractivity contribution in [1.82, 2.24) is 0 Å². The Labute approximate surface area is 92.1 Å². The van der Waals surface area contributed by atoms with Gasteiger partial charge in [-0.05, 0) is 0 Å². The van der Waals surface area contributed by atoms with Crippen molar-refractivity contribution >= 4 is 16.6 Å². The third-order valence-electron chi connectivity index (χ3n) is 2.07. The largest absolute Gasteiger partial charge is 0.506 e. The molecule has 0 spiro atoms. The number of rotatable bonds is 3. The normalized spacial score (nSPS) is 31.0. The maximum absolute atomic E-state index is 10.5. The molecule has 1 saturated heterocycles. The van der Waals surface area contributed by atoms with E-state index >= 15 is 0 Å². The summed E-state index contributed by atoms with van der Waals surface area (Å²) in [5, 5.41) is 8.47. The van der Waals surface area contributed by atoms with E-state index in [1.165, 1.54) is 0 Å². The maximum atomic E-state index is 10.5. The molecule has 9 heteroatoms. The van der Waals surface area contributed by atoms with E-state index in [0.29, 0.717) is 0 Å². The van der Waals surface area contributed by atoms with Gasteiger partial charge < -0.3 is 14.6 Å². The fourth-order valence-electron chi connectivity index (χ4n) is 1.47. The van der Waals surface area contributed by atoms with Gasteiger partial charge in [0.25, 0.3) is 0 Å². The number of carbonyl (C=O) groups is 1. The first-order valence-corrected chi connectivity index (χ1v) is 5.79. The molecule has 0 radical (unpaired) electrons. The standard InChI is InChI=1S/C7H12O8S/c1-4-2-13-3-5(15-16(10,11)12)6(4)14-7(8)9/h4-6H,2-3H2,1H3,(H,8,9)(H,10,11,12)/t4-,5?,6-/m0/s1. The SMILES string of the molecule is C[C@H]1COCC(OS(=O)(=O)O)[C@H]1OC(=O)O. The molecule has 0 aliphatic carbocycles. The molecule has 1 aliphatic rings. The van der Waals surface area contributed by atoms with Crippen LogP contribution in [-0.2, 0) is 24.1 Å². The van der Waals surface area contributed by atoms with Gasteiger partial charge in [0, 0.05) is 5.92 Å². The van der Waals surface area contributed by atoms with Gasteiger partial charge in [-0.25, -0.2) is 8.98 Å². The fraction of sp³-hybridized carbons (Fsp3) is 0.857. The van der Waals surface area contributed by atoms with Crippen molar-refractivity contribution in [1.29, 1.82) is 0 Å². The highest BCUT2D eigenvalue weighted by Crippen LogP contribution is 2.21. The van der Waals surface area contributed by atoms with Crippen LogP contribution >= 0.6 is 0 Å². The highest BCUT2D eigenvalue weighted by atomic mass is 32.3. The first-order chi connectivity index (χ1) is 7.29. The van der Waals surface area contributed by atoms with Crippen molar-refractivity contribution in [2.75, 3.05) is 13.2 Å².